The molecule has 0 bridgehead atoms. The van der Waals surface area contributed by atoms with Gasteiger partial charge in [0, 0.05) is 87.2 Å². The normalized spacial score (nSPS) is 19.7. The van der Waals surface area contributed by atoms with Gasteiger partial charge in [0.05, 0.1) is 22.5 Å². The molecule has 0 radical (unpaired) electrons. The summed E-state index contributed by atoms with van der Waals surface area (Å²) in [4.78, 5) is 107. The number of amides is 6. The first-order valence-electron chi connectivity index (χ1n) is 30.3. The highest BCUT2D eigenvalue weighted by atomic mass is 32.1. The lowest BCUT2D eigenvalue weighted by Gasteiger charge is -2.46. The SMILES string of the molecule is CC(C)C[C@@H](NC(=O)c1ccccc1OCc1nc(C(C)(C)C)cs1)C(=O)N1CCC[C@@H]1C(=O)N1CCN(Cc2nc(COc3ccccc3C(=O)N[C@H](CC(C)C)C(=O)N3CCC[C@@H]3C(=O)N3CCN(C)C(C)(C)C3)oc2C(C)(C)C)CC1. The maximum Gasteiger partial charge on any atom is 0.255 e. The summed E-state index contributed by atoms with van der Waals surface area (Å²) >= 11 is 1.52. The Bertz CT molecular complexity index is 2970. The maximum atomic E-state index is 14.5. The van der Waals surface area contributed by atoms with Gasteiger partial charge in [0.1, 0.15) is 53.0 Å². The summed E-state index contributed by atoms with van der Waals surface area (Å²) in [5, 5.41) is 8.90. The van der Waals surface area contributed by atoms with Crippen molar-refractivity contribution in [2.45, 2.75) is 182 Å². The number of thiazole rings is 1. The first-order valence-corrected chi connectivity index (χ1v) is 31.2. The first-order chi connectivity index (χ1) is 39.7. The number of likely N-dealkylation sites (tertiary alicyclic amines) is 2. The van der Waals surface area contributed by atoms with Gasteiger partial charge in [-0.15, -0.1) is 11.3 Å². The van der Waals surface area contributed by atoms with Crippen molar-refractivity contribution in [1.82, 2.24) is 50.0 Å². The van der Waals surface area contributed by atoms with Crippen LogP contribution < -0.4 is 20.1 Å². The standard InChI is InChI=1S/C64H92N10O9S/c1-41(2)34-45(67-57(76)44-21-15-17-25-51(44)82-38-54-68-52(39-84-54)62(5,6)7)58(77)73-26-18-22-48(73)60(79)71-32-29-70(30-33-71)36-47-55(63(8,9)10)83-53(65-47)37-81-50-24-16-14-20-43(50)56(75)66-46(35-42(3)4)59(78)74-27-19-23-49(74)61(80)72-31-28-69(13)64(11,12)40-72/h14-17,20-21,24-25,39,41-42,45-46,48-49H,18-19,22-23,26-38,40H2,1-13H3,(H,66,75)(H,67,76)/t45-,46-,48-,49-/m1/s1. The number of ether oxygens (including phenoxy) is 2. The number of aromatic nitrogens is 2. The Labute approximate surface area is 501 Å². The van der Waals surface area contributed by atoms with Crippen LogP contribution in [0.15, 0.2) is 58.3 Å². The average Bonchev–Trinajstić information content (AvgIpc) is 3.67. The molecule has 20 heteroatoms. The van der Waals surface area contributed by atoms with Crippen LogP contribution in [0.4, 0.5) is 0 Å². The molecular weight excluding hydrogens is 1080 g/mol. The summed E-state index contributed by atoms with van der Waals surface area (Å²) in [6.45, 7) is 30.3. The minimum Gasteiger partial charge on any atom is -0.486 e. The van der Waals surface area contributed by atoms with Gasteiger partial charge in [0.15, 0.2) is 6.61 Å². The number of hydrogen-bond donors (Lipinski definition) is 2. The lowest BCUT2D eigenvalue weighted by molar-refractivity contribution is -0.147. The second-order valence-corrected chi connectivity index (χ2v) is 27.8. The van der Waals surface area contributed by atoms with Crippen LogP contribution in [0.2, 0.25) is 0 Å². The average molecular weight is 1180 g/mol. The number of carbonyl (C=O) groups is 6. The maximum absolute atomic E-state index is 14.5. The van der Waals surface area contributed by atoms with E-state index in [4.69, 9.17) is 23.9 Å². The molecule has 6 heterocycles. The van der Waals surface area contributed by atoms with E-state index < -0.39 is 41.4 Å². The van der Waals surface area contributed by atoms with Crippen molar-refractivity contribution in [2.24, 2.45) is 11.8 Å². The fourth-order valence-electron chi connectivity index (χ4n) is 11.7. The molecule has 0 unspecified atom stereocenters. The highest BCUT2D eigenvalue weighted by Gasteiger charge is 2.44. The molecular formula is C64H92N10O9S. The summed E-state index contributed by atoms with van der Waals surface area (Å²) < 4.78 is 18.9. The summed E-state index contributed by atoms with van der Waals surface area (Å²) in [6.07, 6.45) is 3.33. The lowest BCUT2D eigenvalue weighted by atomic mass is 9.91. The zero-order valence-electron chi connectivity index (χ0n) is 52.0. The van der Waals surface area contributed by atoms with Crippen molar-refractivity contribution >= 4 is 46.8 Å². The fourth-order valence-corrected chi connectivity index (χ4v) is 12.7. The Morgan fingerprint density at radius 3 is 1.65 bits per heavy atom. The Kier molecular flexibility index (Phi) is 20.4. The van der Waals surface area contributed by atoms with Crippen molar-refractivity contribution < 1.29 is 42.7 Å². The van der Waals surface area contributed by atoms with Crippen LogP contribution in [0.3, 0.4) is 0 Å². The van der Waals surface area contributed by atoms with Crippen molar-refractivity contribution in [2.75, 3.05) is 66.0 Å². The number of nitrogens with one attached hydrogen (secondary N) is 2. The molecule has 2 aromatic carbocycles. The predicted molar refractivity (Wildman–Crippen MR) is 324 cm³/mol. The highest BCUT2D eigenvalue weighted by molar-refractivity contribution is 7.09. The van der Waals surface area contributed by atoms with Crippen molar-refractivity contribution in [1.29, 1.82) is 0 Å². The number of nitrogens with zero attached hydrogens (tertiary/aromatic N) is 8. The van der Waals surface area contributed by atoms with Crippen LogP contribution in [0.1, 0.15) is 170 Å². The third-order valence-electron chi connectivity index (χ3n) is 16.7. The van der Waals surface area contributed by atoms with E-state index in [-0.39, 0.29) is 65.2 Å². The van der Waals surface area contributed by atoms with Crippen molar-refractivity contribution in [3.05, 3.63) is 93.1 Å². The minimum absolute atomic E-state index is 0.0305. The Hall–Kier alpha value is -6.38. The summed E-state index contributed by atoms with van der Waals surface area (Å²) in [6, 6.07) is 11.1. The van der Waals surface area contributed by atoms with E-state index in [0.29, 0.717) is 126 Å². The molecule has 2 aromatic heterocycles. The second kappa shape index (κ2) is 26.9. The van der Waals surface area contributed by atoms with Crippen LogP contribution in [-0.2, 0) is 49.8 Å². The zero-order valence-corrected chi connectivity index (χ0v) is 52.9. The summed E-state index contributed by atoms with van der Waals surface area (Å²) in [5.74, 6) is 0.427. The smallest absolute Gasteiger partial charge is 0.255 e. The van der Waals surface area contributed by atoms with Crippen LogP contribution in [0, 0.1) is 11.8 Å². The molecule has 4 saturated heterocycles. The van der Waals surface area contributed by atoms with Crippen molar-refractivity contribution in [3.8, 4) is 11.5 Å². The van der Waals surface area contributed by atoms with Gasteiger partial charge in [-0.3, -0.25) is 38.6 Å². The van der Waals surface area contributed by atoms with Gasteiger partial charge in [-0.25, -0.2) is 9.97 Å². The number of piperazine rings is 2. The molecule has 8 rings (SSSR count). The number of rotatable bonds is 20. The molecule has 6 amide bonds. The fraction of sp³-hybridized carbons (Fsp3) is 0.625. The van der Waals surface area contributed by atoms with Crippen LogP contribution in [-0.4, -0.2) is 170 Å². The van der Waals surface area contributed by atoms with Gasteiger partial charge in [-0.1, -0.05) is 93.5 Å². The molecule has 0 saturated carbocycles. The largest absolute Gasteiger partial charge is 0.486 e. The van der Waals surface area contributed by atoms with E-state index in [9.17, 15) is 28.8 Å². The Morgan fingerprint density at radius 2 is 1.17 bits per heavy atom. The monoisotopic (exact) mass is 1180 g/mol. The van der Waals surface area contributed by atoms with Crippen LogP contribution in [0.5, 0.6) is 11.5 Å². The number of carbonyl (C=O) groups excluding carboxylic acids is 6. The highest BCUT2D eigenvalue weighted by Crippen LogP contribution is 2.32. The molecule has 0 spiro atoms. The third kappa shape index (κ3) is 15.5. The molecule has 4 aliphatic rings. The van der Waals surface area contributed by atoms with Gasteiger partial charge in [-0.2, -0.15) is 0 Å². The first kappa shape index (κ1) is 63.6. The predicted octanol–water partition coefficient (Wildman–Crippen LogP) is 8.05. The van der Waals surface area contributed by atoms with Crippen LogP contribution in [0.25, 0.3) is 0 Å². The number of likely N-dealkylation sites (N-methyl/N-ethyl adjacent to an activating group) is 1. The summed E-state index contributed by atoms with van der Waals surface area (Å²) in [5.41, 5.74) is 1.63. The lowest BCUT2D eigenvalue weighted by Crippen LogP contribution is -2.62. The van der Waals surface area contributed by atoms with Gasteiger partial charge in [0.25, 0.3) is 11.8 Å². The second-order valence-electron chi connectivity index (χ2n) is 26.9. The number of oxazole rings is 1. The number of benzene rings is 2. The molecule has 84 heavy (non-hydrogen) atoms. The molecule has 19 nitrogen and oxygen atoms in total. The van der Waals surface area contributed by atoms with Gasteiger partial charge < -0.3 is 44.1 Å². The molecule has 458 valence electrons. The van der Waals surface area contributed by atoms with Gasteiger partial charge >= 0.3 is 0 Å². The Morgan fingerprint density at radius 1 is 0.667 bits per heavy atom. The van der Waals surface area contributed by atoms with E-state index in [2.05, 4.69) is 82.9 Å². The third-order valence-corrected chi connectivity index (χ3v) is 17.5. The molecule has 4 aliphatic heterocycles. The minimum atomic E-state index is -0.846. The van der Waals surface area contributed by atoms with E-state index in [1.165, 1.54) is 11.3 Å². The van der Waals surface area contributed by atoms with E-state index >= 15 is 0 Å². The number of hydrogen-bond acceptors (Lipinski definition) is 14. The molecule has 4 atom stereocenters. The van der Waals surface area contributed by atoms with Gasteiger partial charge in [-0.05, 0) is 95.5 Å². The topological polar surface area (TPSA) is 203 Å². The van der Waals surface area contributed by atoms with E-state index in [1.807, 2.05) is 48.9 Å². The van der Waals surface area contributed by atoms with E-state index in [0.717, 1.165) is 22.9 Å². The summed E-state index contributed by atoms with van der Waals surface area (Å²) in [7, 11) is 2.07. The Balaban J connectivity index is 0.864. The molecule has 2 N–H and O–H groups in total. The van der Waals surface area contributed by atoms with E-state index in [1.54, 1.807) is 52.3 Å². The zero-order chi connectivity index (χ0) is 60.8. The molecule has 4 aromatic rings. The molecule has 0 aliphatic carbocycles. The van der Waals surface area contributed by atoms with Crippen LogP contribution >= 0.6 is 11.3 Å². The molecule has 4 fully saturated rings. The van der Waals surface area contributed by atoms with Gasteiger partial charge in [0.2, 0.25) is 29.5 Å². The number of para-hydroxylation sites is 2. The van der Waals surface area contributed by atoms with Crippen molar-refractivity contribution in [3.63, 3.8) is 0 Å². The quantitative estimate of drug-likeness (QED) is 0.0861.